The van der Waals surface area contributed by atoms with Gasteiger partial charge in [0.05, 0.1) is 10.4 Å². The fraction of sp³-hybridized carbons (Fsp3) is 0.417. The molecule has 1 heterocycles. The van der Waals surface area contributed by atoms with Crippen molar-refractivity contribution in [2.24, 2.45) is 11.8 Å². The van der Waals surface area contributed by atoms with E-state index in [1.54, 1.807) is 12.1 Å². The maximum absolute atomic E-state index is 13.3. The van der Waals surface area contributed by atoms with Crippen LogP contribution in [0.15, 0.2) is 22.7 Å². The lowest BCUT2D eigenvalue weighted by molar-refractivity contribution is -0.120. The molecule has 0 aromatic heterocycles. The van der Waals surface area contributed by atoms with Crippen molar-refractivity contribution in [2.75, 3.05) is 18.4 Å². The highest BCUT2D eigenvalue weighted by atomic mass is 79.9. The lowest BCUT2D eigenvalue weighted by Gasteiger charge is -2.14. The van der Waals surface area contributed by atoms with Crippen LogP contribution < -0.4 is 10.6 Å². The fourth-order valence-electron chi connectivity index (χ4n) is 1.97. The Balaban J connectivity index is 2.05. The summed E-state index contributed by atoms with van der Waals surface area (Å²) < 4.78 is 13.7. The molecule has 1 fully saturated rings. The van der Waals surface area contributed by atoms with Crippen molar-refractivity contribution in [1.29, 1.82) is 0 Å². The van der Waals surface area contributed by atoms with Gasteiger partial charge in [-0.15, -0.1) is 0 Å². The normalized spacial score (nSPS) is 23.7. The molecule has 2 unspecified atom stereocenters. The van der Waals surface area contributed by atoms with Crippen molar-refractivity contribution >= 4 is 27.5 Å². The van der Waals surface area contributed by atoms with E-state index in [-0.39, 0.29) is 17.6 Å². The second kappa shape index (κ2) is 5.14. The van der Waals surface area contributed by atoms with Crippen LogP contribution in [0.3, 0.4) is 0 Å². The number of anilines is 1. The molecule has 0 bridgehead atoms. The molecule has 1 saturated heterocycles. The van der Waals surface area contributed by atoms with E-state index in [9.17, 15) is 9.18 Å². The molecule has 2 N–H and O–H groups in total. The third-order valence-corrected chi connectivity index (χ3v) is 3.68. The molecule has 1 aliphatic heterocycles. The maximum atomic E-state index is 13.3. The molecule has 1 aromatic rings. The molecule has 2 rings (SSSR count). The van der Waals surface area contributed by atoms with Crippen LogP contribution in [0.4, 0.5) is 10.1 Å². The van der Waals surface area contributed by atoms with Crippen LogP contribution in [-0.2, 0) is 4.79 Å². The molecular formula is C12H14BrFN2O. The number of rotatable bonds is 2. The molecule has 2 atom stereocenters. The van der Waals surface area contributed by atoms with Crippen LogP contribution in [0.1, 0.15) is 6.92 Å². The molecule has 3 nitrogen and oxygen atoms in total. The summed E-state index contributed by atoms with van der Waals surface area (Å²) >= 11 is 3.07. The Morgan fingerprint density at radius 2 is 2.29 bits per heavy atom. The van der Waals surface area contributed by atoms with E-state index in [4.69, 9.17) is 0 Å². The molecule has 0 saturated carbocycles. The third-order valence-electron chi connectivity index (χ3n) is 3.04. The monoisotopic (exact) mass is 300 g/mol. The topological polar surface area (TPSA) is 41.1 Å². The van der Waals surface area contributed by atoms with Crippen molar-refractivity contribution < 1.29 is 9.18 Å². The summed E-state index contributed by atoms with van der Waals surface area (Å²) in [6, 6.07) is 4.58. The number of amides is 1. The van der Waals surface area contributed by atoms with E-state index < -0.39 is 0 Å². The van der Waals surface area contributed by atoms with Gasteiger partial charge in [0, 0.05) is 12.2 Å². The van der Waals surface area contributed by atoms with Gasteiger partial charge in [0.2, 0.25) is 5.91 Å². The zero-order chi connectivity index (χ0) is 12.4. The molecule has 0 aliphatic carbocycles. The molecule has 1 amide bonds. The van der Waals surface area contributed by atoms with Gasteiger partial charge in [-0.05, 0) is 46.6 Å². The Morgan fingerprint density at radius 1 is 1.53 bits per heavy atom. The van der Waals surface area contributed by atoms with Crippen molar-refractivity contribution in [2.45, 2.75) is 6.92 Å². The van der Waals surface area contributed by atoms with Crippen LogP contribution in [0.25, 0.3) is 0 Å². The third kappa shape index (κ3) is 2.84. The SMILES string of the molecule is CC1CNCC1C(=O)Nc1ccc(Br)c(F)c1. The Hall–Kier alpha value is -0.940. The predicted octanol–water partition coefficient (Wildman–Crippen LogP) is 2.38. The minimum atomic E-state index is -0.375. The highest BCUT2D eigenvalue weighted by molar-refractivity contribution is 9.10. The van der Waals surface area contributed by atoms with Crippen LogP contribution in [-0.4, -0.2) is 19.0 Å². The van der Waals surface area contributed by atoms with E-state index in [0.29, 0.717) is 22.6 Å². The number of halogens is 2. The summed E-state index contributed by atoms with van der Waals surface area (Å²) in [6.45, 7) is 3.57. The standard InChI is InChI=1S/C12H14BrFN2O/c1-7-5-15-6-9(7)12(17)16-8-2-3-10(13)11(14)4-8/h2-4,7,9,15H,5-6H2,1H3,(H,16,17). The summed E-state index contributed by atoms with van der Waals surface area (Å²) in [5.41, 5.74) is 0.495. The van der Waals surface area contributed by atoms with Crippen LogP contribution >= 0.6 is 15.9 Å². The first-order valence-electron chi connectivity index (χ1n) is 5.54. The van der Waals surface area contributed by atoms with Gasteiger partial charge in [-0.2, -0.15) is 0 Å². The molecular weight excluding hydrogens is 287 g/mol. The number of benzene rings is 1. The summed E-state index contributed by atoms with van der Waals surface area (Å²) in [7, 11) is 0. The lowest BCUT2D eigenvalue weighted by Crippen LogP contribution is -2.27. The van der Waals surface area contributed by atoms with Gasteiger partial charge in [0.25, 0.3) is 0 Å². The highest BCUT2D eigenvalue weighted by Crippen LogP contribution is 2.22. The lowest BCUT2D eigenvalue weighted by atomic mass is 9.97. The average molecular weight is 301 g/mol. The number of hydrogen-bond acceptors (Lipinski definition) is 2. The van der Waals surface area contributed by atoms with Crippen molar-refractivity contribution in [3.05, 3.63) is 28.5 Å². The largest absolute Gasteiger partial charge is 0.326 e. The summed E-state index contributed by atoms with van der Waals surface area (Å²) in [4.78, 5) is 11.9. The van der Waals surface area contributed by atoms with E-state index in [1.807, 2.05) is 6.92 Å². The Bertz CT molecular complexity index is 439. The molecule has 17 heavy (non-hydrogen) atoms. The molecule has 0 radical (unpaired) electrons. The number of nitrogens with one attached hydrogen (secondary N) is 2. The fourth-order valence-corrected chi connectivity index (χ4v) is 2.22. The number of hydrogen-bond donors (Lipinski definition) is 2. The second-order valence-corrected chi connectivity index (χ2v) is 5.21. The highest BCUT2D eigenvalue weighted by Gasteiger charge is 2.29. The Kier molecular flexibility index (Phi) is 3.79. The van der Waals surface area contributed by atoms with Gasteiger partial charge in [0.1, 0.15) is 5.82 Å². The maximum Gasteiger partial charge on any atom is 0.229 e. The minimum absolute atomic E-state index is 0.0401. The second-order valence-electron chi connectivity index (χ2n) is 4.36. The first-order valence-corrected chi connectivity index (χ1v) is 6.34. The van der Waals surface area contributed by atoms with E-state index in [2.05, 4.69) is 26.6 Å². The van der Waals surface area contributed by atoms with Gasteiger partial charge in [-0.25, -0.2) is 4.39 Å². The van der Waals surface area contributed by atoms with Crippen LogP contribution in [0.5, 0.6) is 0 Å². The van der Waals surface area contributed by atoms with Gasteiger partial charge in [-0.1, -0.05) is 6.92 Å². The molecule has 1 aliphatic rings. The van der Waals surface area contributed by atoms with Crippen molar-refractivity contribution in [3.8, 4) is 0 Å². The Morgan fingerprint density at radius 3 is 2.88 bits per heavy atom. The van der Waals surface area contributed by atoms with Gasteiger partial charge in [-0.3, -0.25) is 4.79 Å². The van der Waals surface area contributed by atoms with E-state index >= 15 is 0 Å². The minimum Gasteiger partial charge on any atom is -0.326 e. The zero-order valence-electron chi connectivity index (χ0n) is 9.47. The van der Waals surface area contributed by atoms with Crippen molar-refractivity contribution in [1.82, 2.24) is 5.32 Å². The first-order chi connectivity index (χ1) is 8.08. The summed E-state index contributed by atoms with van der Waals surface area (Å²) in [6.07, 6.45) is 0. The van der Waals surface area contributed by atoms with Crippen molar-refractivity contribution in [3.63, 3.8) is 0 Å². The quantitative estimate of drug-likeness (QED) is 0.880. The predicted molar refractivity (Wildman–Crippen MR) is 68.3 cm³/mol. The van der Waals surface area contributed by atoms with Crippen LogP contribution in [0.2, 0.25) is 0 Å². The van der Waals surface area contributed by atoms with Gasteiger partial charge < -0.3 is 10.6 Å². The summed E-state index contributed by atoms with van der Waals surface area (Å²) in [5, 5.41) is 5.91. The molecule has 5 heteroatoms. The Labute approximate surface area is 108 Å². The molecule has 92 valence electrons. The number of carbonyl (C=O) groups is 1. The molecule has 1 aromatic carbocycles. The number of carbonyl (C=O) groups excluding carboxylic acids is 1. The smallest absolute Gasteiger partial charge is 0.229 e. The van der Waals surface area contributed by atoms with Gasteiger partial charge >= 0.3 is 0 Å². The summed E-state index contributed by atoms with van der Waals surface area (Å²) in [5.74, 6) is -0.151. The van der Waals surface area contributed by atoms with Gasteiger partial charge in [0.15, 0.2) is 0 Å². The zero-order valence-corrected chi connectivity index (χ0v) is 11.1. The molecule has 0 spiro atoms. The average Bonchev–Trinajstić information content (AvgIpc) is 2.70. The first kappa shape index (κ1) is 12.5. The van der Waals surface area contributed by atoms with E-state index in [0.717, 1.165) is 6.54 Å². The van der Waals surface area contributed by atoms with E-state index in [1.165, 1.54) is 6.07 Å². The van der Waals surface area contributed by atoms with Crippen LogP contribution in [0, 0.1) is 17.7 Å².